The van der Waals surface area contributed by atoms with Crippen molar-refractivity contribution in [2.75, 3.05) is 20.3 Å². The highest BCUT2D eigenvalue weighted by Crippen LogP contribution is 2.17. The Kier molecular flexibility index (Phi) is 5.63. The Morgan fingerprint density at radius 3 is 2.65 bits per heavy atom. The van der Waals surface area contributed by atoms with Crippen LogP contribution >= 0.6 is 0 Å². The van der Waals surface area contributed by atoms with Gasteiger partial charge < -0.3 is 14.9 Å². The molecule has 0 aliphatic carbocycles. The van der Waals surface area contributed by atoms with E-state index in [-0.39, 0.29) is 17.0 Å². The number of sulfonamides is 1. The summed E-state index contributed by atoms with van der Waals surface area (Å²) in [5.74, 6) is -0.642. The van der Waals surface area contributed by atoms with Crippen molar-refractivity contribution in [1.29, 1.82) is 0 Å². The highest BCUT2D eigenvalue weighted by atomic mass is 32.2. The second-order valence-corrected chi connectivity index (χ2v) is 5.90. The standard InChI is InChI=1S/C12H17NO6S/c1-8-3-4-9(12(16)19-2)5-11(8)20(17,18)13-6-10(15)7-14/h3-5,10,13-15H,6-7H2,1-2H3. The Hall–Kier alpha value is -1.48. The summed E-state index contributed by atoms with van der Waals surface area (Å²) in [6.07, 6.45) is -1.19. The van der Waals surface area contributed by atoms with Crippen LogP contribution in [0.15, 0.2) is 23.1 Å². The van der Waals surface area contributed by atoms with Crippen LogP contribution < -0.4 is 4.72 Å². The molecular weight excluding hydrogens is 286 g/mol. The second-order valence-electron chi connectivity index (χ2n) is 4.16. The van der Waals surface area contributed by atoms with Crippen LogP contribution in [-0.2, 0) is 14.8 Å². The smallest absolute Gasteiger partial charge is 0.337 e. The number of nitrogens with one attached hydrogen (secondary N) is 1. The maximum Gasteiger partial charge on any atom is 0.337 e. The molecule has 0 saturated heterocycles. The number of carbonyl (C=O) groups excluding carboxylic acids is 1. The Bertz CT molecular complexity index is 584. The fourth-order valence-electron chi connectivity index (χ4n) is 1.48. The van der Waals surface area contributed by atoms with Gasteiger partial charge in [-0.1, -0.05) is 6.07 Å². The lowest BCUT2D eigenvalue weighted by atomic mass is 10.1. The van der Waals surface area contributed by atoms with E-state index in [0.717, 1.165) is 0 Å². The van der Waals surface area contributed by atoms with Crippen LogP contribution in [0, 0.1) is 6.92 Å². The first-order valence-corrected chi connectivity index (χ1v) is 7.27. The molecule has 0 aliphatic rings. The average molecular weight is 303 g/mol. The molecule has 3 N–H and O–H groups in total. The number of carbonyl (C=O) groups is 1. The van der Waals surface area contributed by atoms with Gasteiger partial charge in [-0.25, -0.2) is 17.9 Å². The summed E-state index contributed by atoms with van der Waals surface area (Å²) in [7, 11) is -2.69. The first-order chi connectivity index (χ1) is 9.31. The number of hydrogen-bond acceptors (Lipinski definition) is 6. The van der Waals surface area contributed by atoms with Gasteiger partial charge >= 0.3 is 5.97 Å². The summed E-state index contributed by atoms with van der Waals surface area (Å²) in [6, 6.07) is 4.15. The van der Waals surface area contributed by atoms with Crippen molar-refractivity contribution in [2.24, 2.45) is 0 Å². The van der Waals surface area contributed by atoms with Gasteiger partial charge in [-0.05, 0) is 24.6 Å². The molecule has 0 radical (unpaired) electrons. The lowest BCUT2D eigenvalue weighted by Crippen LogP contribution is -2.34. The van der Waals surface area contributed by atoms with Gasteiger partial charge in [-0.2, -0.15) is 0 Å². The number of aryl methyl sites for hydroxylation is 1. The summed E-state index contributed by atoms with van der Waals surface area (Å²) < 4.78 is 30.9. The molecule has 7 nitrogen and oxygen atoms in total. The molecule has 1 atom stereocenters. The molecule has 1 aromatic rings. The van der Waals surface area contributed by atoms with Gasteiger partial charge in [0, 0.05) is 6.54 Å². The van der Waals surface area contributed by atoms with E-state index in [9.17, 15) is 13.2 Å². The van der Waals surface area contributed by atoms with Crippen LogP contribution in [0.1, 0.15) is 15.9 Å². The molecule has 0 saturated carbocycles. The number of hydrogen-bond donors (Lipinski definition) is 3. The maximum absolute atomic E-state index is 12.1. The molecule has 0 aromatic heterocycles. The lowest BCUT2D eigenvalue weighted by molar-refractivity contribution is 0.0600. The Balaban J connectivity index is 3.07. The van der Waals surface area contributed by atoms with Crippen LogP contribution in [0.5, 0.6) is 0 Å². The predicted octanol–water partition coefficient (Wildman–Crippen LogP) is -0.587. The number of methoxy groups -OCH3 is 1. The van der Waals surface area contributed by atoms with Gasteiger partial charge in [0.2, 0.25) is 10.0 Å². The van der Waals surface area contributed by atoms with E-state index in [1.54, 1.807) is 6.92 Å². The molecule has 0 spiro atoms. The molecule has 20 heavy (non-hydrogen) atoms. The third-order valence-corrected chi connectivity index (χ3v) is 4.18. The summed E-state index contributed by atoms with van der Waals surface area (Å²) in [5, 5.41) is 17.8. The minimum Gasteiger partial charge on any atom is -0.465 e. The van der Waals surface area contributed by atoms with Gasteiger partial charge in [-0.15, -0.1) is 0 Å². The summed E-state index contributed by atoms with van der Waals surface area (Å²) >= 11 is 0. The number of aliphatic hydroxyl groups is 2. The number of ether oxygens (including phenoxy) is 1. The molecule has 112 valence electrons. The molecule has 8 heteroatoms. The Morgan fingerprint density at radius 1 is 1.45 bits per heavy atom. The van der Waals surface area contributed by atoms with Crippen molar-refractivity contribution in [1.82, 2.24) is 4.72 Å². The normalized spacial score (nSPS) is 13.0. The van der Waals surface area contributed by atoms with Crippen LogP contribution in [0.4, 0.5) is 0 Å². The van der Waals surface area contributed by atoms with Crippen molar-refractivity contribution in [2.45, 2.75) is 17.9 Å². The van der Waals surface area contributed by atoms with E-state index in [4.69, 9.17) is 10.2 Å². The number of aliphatic hydroxyl groups excluding tert-OH is 2. The van der Waals surface area contributed by atoms with E-state index < -0.39 is 28.7 Å². The molecule has 0 amide bonds. The topological polar surface area (TPSA) is 113 Å². The third kappa shape index (κ3) is 4.01. The molecule has 1 unspecified atom stereocenters. The molecule has 0 heterocycles. The first-order valence-electron chi connectivity index (χ1n) is 5.79. The van der Waals surface area contributed by atoms with Gasteiger partial charge in [0.15, 0.2) is 0 Å². The average Bonchev–Trinajstić information content (AvgIpc) is 2.44. The molecule has 0 bridgehead atoms. The van der Waals surface area contributed by atoms with Crippen molar-refractivity contribution < 1.29 is 28.2 Å². The molecular formula is C12H17NO6S. The highest BCUT2D eigenvalue weighted by molar-refractivity contribution is 7.89. The lowest BCUT2D eigenvalue weighted by Gasteiger charge is -2.12. The fourth-order valence-corrected chi connectivity index (χ4v) is 2.82. The van der Waals surface area contributed by atoms with Crippen molar-refractivity contribution in [3.8, 4) is 0 Å². The molecule has 0 fully saturated rings. The third-order valence-electron chi connectivity index (χ3n) is 2.62. The quantitative estimate of drug-likeness (QED) is 0.606. The molecule has 1 rings (SSSR count). The van der Waals surface area contributed by atoms with E-state index in [0.29, 0.717) is 5.56 Å². The molecule has 0 aliphatic heterocycles. The van der Waals surface area contributed by atoms with Crippen LogP contribution in [0.3, 0.4) is 0 Å². The summed E-state index contributed by atoms with van der Waals surface area (Å²) in [4.78, 5) is 11.3. The predicted molar refractivity (Wildman–Crippen MR) is 70.8 cm³/mol. The minimum atomic E-state index is -3.89. The minimum absolute atomic E-state index is 0.0782. The zero-order valence-corrected chi connectivity index (χ0v) is 12.0. The SMILES string of the molecule is COC(=O)c1ccc(C)c(S(=O)(=O)NCC(O)CO)c1. The van der Waals surface area contributed by atoms with Gasteiger partial charge in [-0.3, -0.25) is 0 Å². The van der Waals surface area contributed by atoms with Gasteiger partial charge in [0.1, 0.15) is 0 Å². The number of esters is 1. The van der Waals surface area contributed by atoms with Gasteiger partial charge in [0.05, 0.1) is 30.3 Å². The van der Waals surface area contributed by atoms with E-state index in [1.165, 1.54) is 25.3 Å². The van der Waals surface area contributed by atoms with Crippen molar-refractivity contribution in [3.63, 3.8) is 0 Å². The highest BCUT2D eigenvalue weighted by Gasteiger charge is 2.20. The van der Waals surface area contributed by atoms with Gasteiger partial charge in [0.25, 0.3) is 0 Å². The number of rotatable bonds is 6. The van der Waals surface area contributed by atoms with Crippen molar-refractivity contribution >= 4 is 16.0 Å². The maximum atomic E-state index is 12.1. The summed E-state index contributed by atoms with van der Waals surface area (Å²) in [6.45, 7) is 0.711. The van der Waals surface area contributed by atoms with Crippen LogP contribution in [-0.4, -0.2) is 51.0 Å². The van der Waals surface area contributed by atoms with Crippen molar-refractivity contribution in [3.05, 3.63) is 29.3 Å². The monoisotopic (exact) mass is 303 g/mol. The van der Waals surface area contributed by atoms with E-state index in [2.05, 4.69) is 9.46 Å². The largest absolute Gasteiger partial charge is 0.465 e. The van der Waals surface area contributed by atoms with E-state index >= 15 is 0 Å². The van der Waals surface area contributed by atoms with Crippen LogP contribution in [0.25, 0.3) is 0 Å². The zero-order chi connectivity index (χ0) is 15.3. The summed E-state index contributed by atoms with van der Waals surface area (Å²) in [5.41, 5.74) is 0.560. The van der Waals surface area contributed by atoms with E-state index in [1.807, 2.05) is 0 Å². The molecule has 1 aromatic carbocycles. The number of benzene rings is 1. The second kappa shape index (κ2) is 6.80. The first kappa shape index (κ1) is 16.6. The fraction of sp³-hybridized carbons (Fsp3) is 0.417. The van der Waals surface area contributed by atoms with Crippen LogP contribution in [0.2, 0.25) is 0 Å². The zero-order valence-electron chi connectivity index (χ0n) is 11.2. The Morgan fingerprint density at radius 2 is 2.10 bits per heavy atom. The Labute approximate surface area is 117 Å².